The molecule has 0 unspecified atom stereocenters. The first-order chi connectivity index (χ1) is 45.9. The number of nitrogens with one attached hydrogen (secondary N) is 2. The van der Waals surface area contributed by atoms with Crippen LogP contribution in [-0.2, 0) is 63.0 Å². The Bertz CT molecular complexity index is 3770. The number of rotatable bonds is 19. The van der Waals surface area contributed by atoms with Gasteiger partial charge >= 0.3 is 122 Å². The fourth-order valence-electron chi connectivity index (χ4n) is 9.00. The molecule has 0 heterocycles. The maximum Gasteiger partial charge on any atom is 1.00 e. The number of aromatic hydroxyl groups is 1. The van der Waals surface area contributed by atoms with Crippen LogP contribution in [0.15, 0.2) is 176 Å². The number of halogens is 2. The largest absolute Gasteiger partial charge is 1.00 e. The molecule has 8 aromatic carbocycles. The van der Waals surface area contributed by atoms with E-state index >= 15 is 0 Å². The van der Waals surface area contributed by atoms with E-state index in [9.17, 15) is 0 Å². The van der Waals surface area contributed by atoms with Gasteiger partial charge in [0.05, 0.1) is 34.9 Å². The van der Waals surface area contributed by atoms with Gasteiger partial charge in [0.25, 0.3) is 6.47 Å². The van der Waals surface area contributed by atoms with Gasteiger partial charge in [-0.2, -0.15) is 15.8 Å². The summed E-state index contributed by atoms with van der Waals surface area (Å²) in [7, 11) is -2.21. The minimum absolute atomic E-state index is 0. The van der Waals surface area contributed by atoms with Crippen molar-refractivity contribution in [2.45, 2.75) is 155 Å². The Labute approximate surface area is 717 Å². The molecule has 0 atom stereocenters. The number of nitrogen functional groups attached to an aromatic ring is 2. The molecule has 0 aromatic heterocycles. The van der Waals surface area contributed by atoms with Crippen LogP contribution >= 0.6 is 31.9 Å². The third-order valence-corrected chi connectivity index (χ3v) is 20.4. The van der Waals surface area contributed by atoms with Gasteiger partial charge in [0.1, 0.15) is 66.8 Å². The molecule has 0 aliphatic heterocycles. The number of nitrogens with zero attached hydrogens (tertiary/aromatic N) is 4. The smallest absolute Gasteiger partial charge is 1.00 e. The number of hydrogen-bond donors (Lipinski definition) is 5. The monoisotopic (exact) mass is 1570 g/mol. The Morgan fingerprint density at radius 2 is 0.693 bits per heavy atom. The second-order valence-electron chi connectivity index (χ2n) is 27.7. The molecule has 0 spiro atoms. The number of ether oxygens (including phenoxy) is 4. The van der Waals surface area contributed by atoms with E-state index in [1.165, 1.54) is 39.9 Å². The fraction of sp³-hybridized carbons (Fsp3) is 0.308. The van der Waals surface area contributed by atoms with Gasteiger partial charge < -0.3 is 51.7 Å². The van der Waals surface area contributed by atoms with Gasteiger partial charge in [-0.1, -0.05) is 192 Å². The zero-order valence-electron chi connectivity index (χ0n) is 63.1. The SMILES string of the molecule is CC(C)(C)c1cc(CBr)cc(CBr)c1.CC(C)(C)c1cc(COc2ccc(C#N)cc2)cc(COc2ccc(C#N)cc2)c1.CC(C)(C)c1cc(COc2ccc(C(=N)N)cc2)cc(COc2ccc(C(=N)N)cc2)c1.C[Si](C)(C)[N-][Si](C)(C)C.N#Cc1ccc(O)cc1.O=CO[O-].[H-].[K+].[K+].[Li+]. The van der Waals surface area contributed by atoms with Crippen LogP contribution in [0.2, 0.25) is 39.3 Å². The van der Waals surface area contributed by atoms with Gasteiger partial charge in [-0.15, -0.1) is 0 Å². The molecule has 0 amide bonds. The molecule has 8 rings (SSSR count). The minimum atomic E-state index is -1.11. The maximum absolute atomic E-state index is 8.92. The number of nitrogens with two attached hydrogens (primary N) is 2. The van der Waals surface area contributed by atoms with E-state index in [-0.39, 0.29) is 163 Å². The number of alkyl halides is 2. The Hall–Kier alpha value is -5.18. The average Bonchev–Trinajstić information content (AvgIpc) is 0.837. The molecular formula is C78H95Br2K2LiN8O8Si2. The van der Waals surface area contributed by atoms with Crippen LogP contribution in [0.3, 0.4) is 0 Å². The Morgan fingerprint density at radius 3 is 0.881 bits per heavy atom. The number of carbonyl (C=O) groups excluding carboxylic acids is 1. The van der Waals surface area contributed by atoms with Crippen LogP contribution < -0.4 is 157 Å². The number of benzene rings is 8. The zero-order valence-corrected chi connectivity index (χ0v) is 73.5. The second-order valence-corrected chi connectivity index (χ2v) is 38.4. The number of nitriles is 3. The average molecular weight is 1570 g/mol. The van der Waals surface area contributed by atoms with Crippen LogP contribution in [0.1, 0.15) is 142 Å². The molecule has 0 aliphatic carbocycles. The van der Waals surface area contributed by atoms with Crippen LogP contribution in [0.4, 0.5) is 0 Å². The van der Waals surface area contributed by atoms with Gasteiger partial charge in [0, 0.05) is 21.8 Å². The van der Waals surface area contributed by atoms with Crippen molar-refractivity contribution in [3.63, 3.8) is 0 Å². The molecule has 8 aromatic rings. The maximum atomic E-state index is 8.92. The number of hydrogen-bond acceptors (Lipinski definition) is 13. The molecular weight excluding hydrogens is 1480 g/mol. The van der Waals surface area contributed by atoms with Crippen molar-refractivity contribution in [2.75, 3.05) is 0 Å². The summed E-state index contributed by atoms with van der Waals surface area (Å²) in [5.74, 6) is 3.16. The van der Waals surface area contributed by atoms with E-state index in [2.05, 4.69) is 205 Å². The first-order valence-corrected chi connectivity index (χ1v) is 40.6. The van der Waals surface area contributed by atoms with Crippen LogP contribution in [0, 0.1) is 44.8 Å². The van der Waals surface area contributed by atoms with Crippen LogP contribution in [0.25, 0.3) is 4.65 Å². The van der Waals surface area contributed by atoms with E-state index in [0.717, 1.165) is 55.9 Å². The summed E-state index contributed by atoms with van der Waals surface area (Å²) >= 11 is 7.01. The summed E-state index contributed by atoms with van der Waals surface area (Å²) in [5.41, 5.74) is 25.1. The first-order valence-electron chi connectivity index (χ1n) is 31.5. The topological polar surface area (TPSA) is 292 Å². The standard InChI is InChI=1S/C26H30N4O2.C26H24N2O2.C12H16Br2.C7H5NO.C6H18NSi2.CH2O3.2K.Li.H/c1-26(2,3)21-13-17(15-31-22-8-4-19(5-9-22)24(27)28)12-18(14-21)16-32-23-10-6-20(7-11-23)25(29)30;1-26(2,3)23-13-21(17-29-24-8-4-19(15-27)5-9-24)12-22(14-23)18-30-25-10-6-20(16-28)7-11-25;1-12(2,3)11-5-9(7-13)4-10(6-11)8-14;8-5-6-1-3-7(9)4-2-6;1-8(2,3)7-9(4,5)6;2-1-4-3;;;;/h4-14H,15-16H2,1-3H3,(H3,27,28)(H3,29,30);4-14H,17-18H2,1-3H3;4-6H,7-8H2,1-3H3;1-4,9H;1-6H3;1,3H;;;;/q;;;;-1;;3*+1;-1/p-1. The van der Waals surface area contributed by atoms with Gasteiger partial charge in [0.15, 0.2) is 0 Å². The molecule has 520 valence electrons. The number of amidine groups is 2. The molecule has 0 saturated heterocycles. The van der Waals surface area contributed by atoms with Crippen molar-refractivity contribution in [3.05, 3.63) is 258 Å². The third-order valence-electron chi connectivity index (χ3n) is 13.7. The van der Waals surface area contributed by atoms with Crippen LogP contribution in [-0.4, -0.2) is 39.7 Å². The van der Waals surface area contributed by atoms with Crippen LogP contribution in [0.5, 0.6) is 28.7 Å². The summed E-state index contributed by atoms with van der Waals surface area (Å²) in [4.78, 5) is 11.2. The molecule has 16 nitrogen and oxygen atoms in total. The van der Waals surface area contributed by atoms with E-state index in [0.29, 0.717) is 54.2 Å². The molecule has 7 N–H and O–H groups in total. The van der Waals surface area contributed by atoms with Gasteiger partial charge in [0.2, 0.25) is 0 Å². The minimum Gasteiger partial charge on any atom is -1.00 e. The van der Waals surface area contributed by atoms with Gasteiger partial charge in [-0.3, -0.25) is 15.6 Å². The van der Waals surface area contributed by atoms with Crippen molar-refractivity contribution in [2.24, 2.45) is 11.5 Å². The Balaban J connectivity index is 0. The van der Waals surface area contributed by atoms with Crippen molar-refractivity contribution in [1.29, 1.82) is 26.6 Å². The predicted octanol–water partition coefficient (Wildman–Crippen LogP) is 9.22. The summed E-state index contributed by atoms with van der Waals surface area (Å²) < 4.78 is 28.6. The van der Waals surface area contributed by atoms with Crippen molar-refractivity contribution < 1.29 is 162 Å². The van der Waals surface area contributed by atoms with E-state index < -0.39 is 16.5 Å². The number of phenols is 1. The van der Waals surface area contributed by atoms with E-state index in [4.69, 9.17) is 76.8 Å². The molecule has 0 bridgehead atoms. The summed E-state index contributed by atoms with van der Waals surface area (Å²) in [6.07, 6.45) is 0. The molecule has 23 heteroatoms. The van der Waals surface area contributed by atoms with E-state index in [1.807, 2.05) is 30.3 Å². The second kappa shape index (κ2) is 47.3. The molecule has 0 radical (unpaired) electrons. The predicted molar refractivity (Wildman–Crippen MR) is 406 cm³/mol. The zero-order chi connectivity index (χ0) is 73.4. The van der Waals surface area contributed by atoms with Gasteiger partial charge in [-0.25, -0.2) is 0 Å². The Morgan fingerprint density at radius 1 is 0.475 bits per heavy atom. The summed E-state index contributed by atoms with van der Waals surface area (Å²) in [6.45, 7) is 35.1. The fourth-order valence-corrected chi connectivity index (χ4v) is 17.7. The van der Waals surface area contributed by atoms with Crippen molar-refractivity contribution >= 4 is 66.5 Å². The molecule has 0 fully saturated rings. The van der Waals surface area contributed by atoms with Crippen molar-refractivity contribution in [1.82, 2.24) is 0 Å². The quantitative estimate of drug-likeness (QED) is 0.00961. The molecule has 0 aliphatic rings. The first kappa shape index (κ1) is 95.8. The van der Waals surface area contributed by atoms with Crippen molar-refractivity contribution in [3.8, 4) is 47.0 Å². The summed E-state index contributed by atoms with van der Waals surface area (Å²) in [5, 5.41) is 60.1. The number of carbonyl (C=O) groups is 1. The molecule has 0 saturated carbocycles. The Kier molecular flexibility index (Phi) is 44.9. The van der Waals surface area contributed by atoms with E-state index in [1.54, 1.807) is 84.9 Å². The third kappa shape index (κ3) is 39.5. The van der Waals surface area contributed by atoms with Gasteiger partial charge in [-0.05, 0) is 200 Å². The number of phenolic OH excluding ortho intramolecular Hbond substituents is 1. The molecule has 101 heavy (non-hydrogen) atoms. The normalized spacial score (nSPS) is 10.5. The summed E-state index contributed by atoms with van der Waals surface area (Å²) in [6, 6.07) is 60.5.